The molecule has 1 unspecified atom stereocenters. The van der Waals surface area contributed by atoms with Crippen molar-refractivity contribution in [2.24, 2.45) is 11.1 Å². The predicted molar refractivity (Wildman–Crippen MR) is 71.8 cm³/mol. The maximum Gasteiger partial charge on any atom is 0.239 e. The highest BCUT2D eigenvalue weighted by atomic mass is 19.1. The van der Waals surface area contributed by atoms with E-state index in [1.807, 2.05) is 20.8 Å². The smallest absolute Gasteiger partial charge is 0.239 e. The van der Waals surface area contributed by atoms with E-state index in [9.17, 15) is 9.18 Å². The number of carbonyl (C=O) groups is 1. The van der Waals surface area contributed by atoms with Crippen LogP contribution in [-0.2, 0) is 4.79 Å². The molecule has 18 heavy (non-hydrogen) atoms. The van der Waals surface area contributed by atoms with Crippen molar-refractivity contribution in [3.05, 3.63) is 29.6 Å². The van der Waals surface area contributed by atoms with E-state index in [2.05, 4.69) is 5.32 Å². The molecule has 0 heterocycles. The van der Waals surface area contributed by atoms with E-state index in [-0.39, 0.29) is 11.2 Å². The van der Waals surface area contributed by atoms with Gasteiger partial charge in [-0.2, -0.15) is 0 Å². The Hall–Kier alpha value is -1.58. The van der Waals surface area contributed by atoms with Crippen molar-refractivity contribution >= 4 is 11.6 Å². The first-order valence-electron chi connectivity index (χ1n) is 6.00. The predicted octanol–water partition coefficient (Wildman–Crippen LogP) is 2.84. The van der Waals surface area contributed by atoms with Gasteiger partial charge in [0.2, 0.25) is 5.91 Å². The summed E-state index contributed by atoms with van der Waals surface area (Å²) in [5.41, 5.74) is 6.73. The molecule has 0 fully saturated rings. The van der Waals surface area contributed by atoms with E-state index in [0.717, 1.165) is 5.56 Å². The monoisotopic (exact) mass is 252 g/mol. The lowest BCUT2D eigenvalue weighted by atomic mass is 9.87. The van der Waals surface area contributed by atoms with Gasteiger partial charge in [-0.3, -0.25) is 4.79 Å². The first-order chi connectivity index (χ1) is 8.17. The van der Waals surface area contributed by atoms with E-state index in [4.69, 9.17) is 5.73 Å². The molecule has 1 amide bonds. The molecular formula is C14H21FN2O. The molecule has 0 aliphatic rings. The minimum absolute atomic E-state index is 0.0327. The minimum atomic E-state index is -0.494. The molecule has 1 aromatic carbocycles. The van der Waals surface area contributed by atoms with Crippen LogP contribution in [0.15, 0.2) is 18.2 Å². The molecule has 1 atom stereocenters. The average molecular weight is 252 g/mol. The molecule has 4 heteroatoms. The summed E-state index contributed by atoms with van der Waals surface area (Å²) >= 11 is 0. The molecule has 3 nitrogen and oxygen atoms in total. The van der Waals surface area contributed by atoms with Crippen LogP contribution in [0.3, 0.4) is 0 Å². The number of rotatable bonds is 4. The molecule has 0 aliphatic heterocycles. The molecule has 100 valence electrons. The lowest BCUT2D eigenvalue weighted by molar-refractivity contribution is -0.119. The van der Waals surface area contributed by atoms with Crippen molar-refractivity contribution in [1.29, 1.82) is 0 Å². The third-order valence-corrected chi connectivity index (χ3v) is 2.54. The zero-order valence-electron chi connectivity index (χ0n) is 11.4. The topological polar surface area (TPSA) is 55.1 Å². The first kappa shape index (κ1) is 14.5. The number of carbonyl (C=O) groups excluding carboxylic acids is 1. The van der Waals surface area contributed by atoms with Crippen LogP contribution in [0.25, 0.3) is 0 Å². The second kappa shape index (κ2) is 5.38. The number of aryl methyl sites for hydroxylation is 1. The largest absolute Gasteiger partial charge is 0.374 e. The van der Waals surface area contributed by atoms with Gasteiger partial charge in [-0.05, 0) is 42.5 Å². The van der Waals surface area contributed by atoms with E-state index in [1.54, 1.807) is 13.0 Å². The van der Waals surface area contributed by atoms with Crippen LogP contribution >= 0.6 is 0 Å². The van der Waals surface area contributed by atoms with Gasteiger partial charge < -0.3 is 11.1 Å². The summed E-state index contributed by atoms with van der Waals surface area (Å²) in [5.74, 6) is -0.747. The third kappa shape index (κ3) is 4.73. The van der Waals surface area contributed by atoms with Gasteiger partial charge >= 0.3 is 0 Å². The Labute approximate surface area is 108 Å². The van der Waals surface area contributed by atoms with Crippen molar-refractivity contribution in [2.45, 2.75) is 40.2 Å². The number of nitrogens with two attached hydrogens (primary N) is 1. The number of amides is 1. The van der Waals surface area contributed by atoms with Gasteiger partial charge in [0.15, 0.2) is 0 Å². The fourth-order valence-corrected chi connectivity index (χ4v) is 1.86. The summed E-state index contributed by atoms with van der Waals surface area (Å²) < 4.78 is 13.3. The standard InChI is InChI=1S/C14H21FN2O/c1-9-5-10(15)7-11(6-9)17-12(13(16)18)8-14(2,3)4/h5-7,12,17H,8H2,1-4H3,(H2,16,18). The lowest BCUT2D eigenvalue weighted by Crippen LogP contribution is -2.38. The summed E-state index contributed by atoms with van der Waals surface area (Å²) in [4.78, 5) is 11.4. The Kier molecular flexibility index (Phi) is 4.33. The number of halogens is 1. The van der Waals surface area contributed by atoms with Crippen molar-refractivity contribution in [2.75, 3.05) is 5.32 Å². The molecule has 1 aromatic rings. The Morgan fingerprint density at radius 2 is 2.00 bits per heavy atom. The Balaban J connectivity index is 2.86. The van der Waals surface area contributed by atoms with Gasteiger partial charge in [0.05, 0.1) is 0 Å². The van der Waals surface area contributed by atoms with Crippen LogP contribution in [0.2, 0.25) is 0 Å². The number of anilines is 1. The van der Waals surface area contributed by atoms with Crippen molar-refractivity contribution < 1.29 is 9.18 Å². The summed E-state index contributed by atoms with van der Waals surface area (Å²) in [6.07, 6.45) is 0.595. The third-order valence-electron chi connectivity index (χ3n) is 2.54. The lowest BCUT2D eigenvalue weighted by Gasteiger charge is -2.25. The molecule has 3 N–H and O–H groups in total. The van der Waals surface area contributed by atoms with Gasteiger partial charge in [0.25, 0.3) is 0 Å². The SMILES string of the molecule is Cc1cc(F)cc(NC(CC(C)(C)C)C(N)=O)c1. The van der Waals surface area contributed by atoms with E-state index >= 15 is 0 Å². The summed E-state index contributed by atoms with van der Waals surface area (Å²) in [5, 5.41) is 3.00. The molecular weight excluding hydrogens is 231 g/mol. The first-order valence-corrected chi connectivity index (χ1v) is 6.00. The van der Waals surface area contributed by atoms with E-state index in [1.165, 1.54) is 12.1 Å². The van der Waals surface area contributed by atoms with Crippen molar-refractivity contribution in [3.63, 3.8) is 0 Å². The number of hydrogen-bond donors (Lipinski definition) is 2. The van der Waals surface area contributed by atoms with Crippen molar-refractivity contribution in [3.8, 4) is 0 Å². The minimum Gasteiger partial charge on any atom is -0.374 e. The number of nitrogens with one attached hydrogen (secondary N) is 1. The summed E-state index contributed by atoms with van der Waals surface area (Å²) in [6.45, 7) is 7.89. The fourth-order valence-electron chi connectivity index (χ4n) is 1.86. The molecule has 0 radical (unpaired) electrons. The summed E-state index contributed by atoms with van der Waals surface area (Å²) in [6, 6.07) is 4.10. The van der Waals surface area contributed by atoms with Crippen molar-refractivity contribution in [1.82, 2.24) is 0 Å². The van der Waals surface area contributed by atoms with Gasteiger partial charge in [-0.1, -0.05) is 20.8 Å². The summed E-state index contributed by atoms with van der Waals surface area (Å²) in [7, 11) is 0. The van der Waals surface area contributed by atoms with Gasteiger partial charge in [0.1, 0.15) is 11.9 Å². The number of benzene rings is 1. The van der Waals surface area contributed by atoms with Crippen LogP contribution in [0, 0.1) is 18.2 Å². The zero-order valence-corrected chi connectivity index (χ0v) is 11.4. The Morgan fingerprint density at radius 1 is 1.39 bits per heavy atom. The van der Waals surface area contributed by atoms with E-state index < -0.39 is 11.9 Å². The molecule has 1 rings (SSSR count). The molecule has 0 aliphatic carbocycles. The second-order valence-corrected chi connectivity index (χ2v) is 5.88. The number of hydrogen-bond acceptors (Lipinski definition) is 2. The Bertz CT molecular complexity index is 418. The molecule has 0 aromatic heterocycles. The highest BCUT2D eigenvalue weighted by molar-refractivity contribution is 5.83. The quantitative estimate of drug-likeness (QED) is 0.865. The van der Waals surface area contributed by atoms with Crippen LogP contribution in [0.4, 0.5) is 10.1 Å². The molecule has 0 spiro atoms. The highest BCUT2D eigenvalue weighted by Gasteiger charge is 2.23. The van der Waals surface area contributed by atoms with Gasteiger partial charge in [-0.15, -0.1) is 0 Å². The van der Waals surface area contributed by atoms with Gasteiger partial charge in [-0.25, -0.2) is 4.39 Å². The average Bonchev–Trinajstić information content (AvgIpc) is 2.12. The zero-order chi connectivity index (χ0) is 13.9. The molecule has 0 bridgehead atoms. The van der Waals surface area contributed by atoms with E-state index in [0.29, 0.717) is 12.1 Å². The Morgan fingerprint density at radius 3 is 2.44 bits per heavy atom. The maximum absolute atomic E-state index is 13.3. The normalized spacial score (nSPS) is 13.2. The van der Waals surface area contributed by atoms with Crippen LogP contribution in [-0.4, -0.2) is 11.9 Å². The maximum atomic E-state index is 13.3. The fraction of sp³-hybridized carbons (Fsp3) is 0.500. The van der Waals surface area contributed by atoms with Crippen LogP contribution in [0.1, 0.15) is 32.8 Å². The number of primary amides is 1. The molecule has 0 saturated carbocycles. The van der Waals surface area contributed by atoms with Crippen LogP contribution in [0.5, 0.6) is 0 Å². The second-order valence-electron chi connectivity index (χ2n) is 5.88. The highest BCUT2D eigenvalue weighted by Crippen LogP contribution is 2.23. The molecule has 0 saturated heterocycles. The van der Waals surface area contributed by atoms with Crippen LogP contribution < -0.4 is 11.1 Å². The van der Waals surface area contributed by atoms with Gasteiger partial charge in [0, 0.05) is 5.69 Å².